The molecule has 0 saturated heterocycles. The largest absolute Gasteiger partial charge is 0.398 e. The number of rotatable bonds is 3. The third kappa shape index (κ3) is 2.89. The Bertz CT molecular complexity index is 758. The third-order valence-electron chi connectivity index (χ3n) is 3.01. The van der Waals surface area contributed by atoms with Gasteiger partial charge in [-0.2, -0.15) is 0 Å². The van der Waals surface area contributed by atoms with Crippen LogP contribution in [-0.2, 0) is 5.75 Å². The lowest BCUT2D eigenvalue weighted by Gasteiger charge is -2.06. The van der Waals surface area contributed by atoms with Crippen LogP contribution < -0.4 is 5.73 Å². The number of nitrogens with two attached hydrogens (primary N) is 1. The summed E-state index contributed by atoms with van der Waals surface area (Å²) in [5.41, 5.74) is 8.75. The highest BCUT2D eigenvalue weighted by atomic mass is 35.5. The molecule has 0 saturated carbocycles. The number of hydrogen-bond acceptors (Lipinski definition) is 3. The molecule has 3 aromatic rings. The van der Waals surface area contributed by atoms with Crippen LogP contribution in [0.15, 0.2) is 59.5 Å². The number of anilines is 1. The molecule has 4 heteroatoms. The van der Waals surface area contributed by atoms with Gasteiger partial charge in [0, 0.05) is 26.7 Å². The van der Waals surface area contributed by atoms with Crippen LogP contribution >= 0.6 is 23.4 Å². The summed E-state index contributed by atoms with van der Waals surface area (Å²) < 4.78 is 0. The van der Waals surface area contributed by atoms with E-state index in [1.54, 1.807) is 17.8 Å². The second-order valence-electron chi connectivity index (χ2n) is 4.47. The standard InChI is InChI=1S/C16H13ClN2S/c17-12-6-8-14(18)16(9-12)20-10-13-7-5-11-3-1-2-4-15(11)19-13/h1-9H,10,18H2. The van der Waals surface area contributed by atoms with Gasteiger partial charge in [0.2, 0.25) is 0 Å². The average Bonchev–Trinajstić information content (AvgIpc) is 2.48. The summed E-state index contributed by atoms with van der Waals surface area (Å²) >= 11 is 7.64. The number of pyridine rings is 1. The van der Waals surface area contributed by atoms with Crippen LogP contribution in [-0.4, -0.2) is 4.98 Å². The van der Waals surface area contributed by atoms with Gasteiger partial charge in [-0.05, 0) is 30.3 Å². The fourth-order valence-corrected chi connectivity index (χ4v) is 3.12. The molecule has 0 atom stereocenters. The lowest BCUT2D eigenvalue weighted by atomic mass is 10.2. The minimum absolute atomic E-state index is 0.702. The molecule has 0 bridgehead atoms. The van der Waals surface area contributed by atoms with Crippen molar-refractivity contribution in [2.24, 2.45) is 0 Å². The second kappa shape index (κ2) is 5.73. The molecule has 0 aliphatic heterocycles. The van der Waals surface area contributed by atoms with Crippen LogP contribution in [0.2, 0.25) is 5.02 Å². The van der Waals surface area contributed by atoms with Crippen LogP contribution in [0.1, 0.15) is 5.69 Å². The van der Waals surface area contributed by atoms with E-state index < -0.39 is 0 Å². The van der Waals surface area contributed by atoms with E-state index in [1.165, 1.54) is 0 Å². The van der Waals surface area contributed by atoms with Crippen molar-refractivity contribution in [2.75, 3.05) is 5.73 Å². The number of nitrogens with zero attached hydrogens (tertiary/aromatic N) is 1. The van der Waals surface area contributed by atoms with Gasteiger partial charge in [0.25, 0.3) is 0 Å². The van der Waals surface area contributed by atoms with Crippen LogP contribution in [0.5, 0.6) is 0 Å². The van der Waals surface area contributed by atoms with Crippen molar-refractivity contribution in [3.8, 4) is 0 Å². The van der Waals surface area contributed by atoms with Gasteiger partial charge < -0.3 is 5.73 Å². The lowest BCUT2D eigenvalue weighted by molar-refractivity contribution is 1.22. The highest BCUT2D eigenvalue weighted by Crippen LogP contribution is 2.30. The number of aromatic nitrogens is 1. The highest BCUT2D eigenvalue weighted by Gasteiger charge is 2.03. The minimum atomic E-state index is 0.702. The molecule has 2 N–H and O–H groups in total. The van der Waals surface area contributed by atoms with E-state index in [0.29, 0.717) is 5.02 Å². The van der Waals surface area contributed by atoms with Gasteiger partial charge in [0.1, 0.15) is 0 Å². The molecule has 100 valence electrons. The maximum atomic E-state index is 5.99. The maximum Gasteiger partial charge on any atom is 0.0705 e. The molecule has 20 heavy (non-hydrogen) atoms. The zero-order valence-corrected chi connectivity index (χ0v) is 12.3. The topological polar surface area (TPSA) is 38.9 Å². The lowest BCUT2D eigenvalue weighted by Crippen LogP contribution is -1.91. The molecule has 0 fully saturated rings. The van der Waals surface area contributed by atoms with Gasteiger partial charge in [0.05, 0.1) is 11.2 Å². The third-order valence-corrected chi connectivity index (χ3v) is 4.35. The highest BCUT2D eigenvalue weighted by molar-refractivity contribution is 7.98. The zero-order valence-electron chi connectivity index (χ0n) is 10.7. The Morgan fingerprint density at radius 1 is 1.05 bits per heavy atom. The number of fused-ring (bicyclic) bond motifs is 1. The monoisotopic (exact) mass is 300 g/mol. The van der Waals surface area contributed by atoms with Crippen LogP contribution in [0, 0.1) is 0 Å². The molecule has 0 aliphatic rings. The molecule has 3 rings (SSSR count). The summed E-state index contributed by atoms with van der Waals surface area (Å²) in [6.45, 7) is 0. The van der Waals surface area contributed by atoms with Gasteiger partial charge in [-0.15, -0.1) is 11.8 Å². The number of nitrogen functional groups attached to an aromatic ring is 1. The van der Waals surface area contributed by atoms with Crippen molar-refractivity contribution >= 4 is 40.0 Å². The van der Waals surface area contributed by atoms with Crippen molar-refractivity contribution < 1.29 is 0 Å². The number of para-hydroxylation sites is 1. The van der Waals surface area contributed by atoms with E-state index in [-0.39, 0.29) is 0 Å². The van der Waals surface area contributed by atoms with Crippen LogP contribution in [0.4, 0.5) is 5.69 Å². The normalized spacial score (nSPS) is 10.8. The number of benzene rings is 2. The molecule has 2 nitrogen and oxygen atoms in total. The molecule has 1 heterocycles. The first-order chi connectivity index (χ1) is 9.72. The van der Waals surface area contributed by atoms with Crippen LogP contribution in [0.3, 0.4) is 0 Å². The first-order valence-electron chi connectivity index (χ1n) is 6.25. The number of halogens is 1. The van der Waals surface area contributed by atoms with E-state index in [4.69, 9.17) is 17.3 Å². The van der Waals surface area contributed by atoms with Crippen molar-refractivity contribution in [3.63, 3.8) is 0 Å². The van der Waals surface area contributed by atoms with E-state index in [9.17, 15) is 0 Å². The molecule has 2 aromatic carbocycles. The first kappa shape index (κ1) is 13.3. The Balaban J connectivity index is 1.81. The Hall–Kier alpha value is -1.71. The number of thioether (sulfide) groups is 1. The average molecular weight is 301 g/mol. The summed E-state index contributed by atoms with van der Waals surface area (Å²) in [5.74, 6) is 0.773. The second-order valence-corrected chi connectivity index (χ2v) is 5.92. The quantitative estimate of drug-likeness (QED) is 0.560. The summed E-state index contributed by atoms with van der Waals surface area (Å²) in [4.78, 5) is 5.64. The summed E-state index contributed by atoms with van der Waals surface area (Å²) in [6, 6.07) is 17.8. The predicted molar refractivity (Wildman–Crippen MR) is 87.2 cm³/mol. The Morgan fingerprint density at radius 2 is 1.90 bits per heavy atom. The van der Waals surface area contributed by atoms with E-state index >= 15 is 0 Å². The van der Waals surface area contributed by atoms with Crippen molar-refractivity contribution in [2.45, 2.75) is 10.6 Å². The molecule has 0 unspecified atom stereocenters. The van der Waals surface area contributed by atoms with Gasteiger partial charge in [-0.3, -0.25) is 4.98 Å². The van der Waals surface area contributed by atoms with Gasteiger partial charge >= 0.3 is 0 Å². The summed E-state index contributed by atoms with van der Waals surface area (Å²) in [6.07, 6.45) is 0. The Kier molecular flexibility index (Phi) is 3.81. The number of hydrogen-bond donors (Lipinski definition) is 1. The van der Waals surface area contributed by atoms with E-state index in [2.05, 4.69) is 23.2 Å². The molecule has 0 amide bonds. The molecule has 1 aromatic heterocycles. The molecule has 0 radical (unpaired) electrons. The van der Waals surface area contributed by atoms with Gasteiger partial charge in [-0.1, -0.05) is 35.9 Å². The fourth-order valence-electron chi connectivity index (χ4n) is 1.97. The summed E-state index contributed by atoms with van der Waals surface area (Å²) in [7, 11) is 0. The zero-order chi connectivity index (χ0) is 13.9. The first-order valence-corrected chi connectivity index (χ1v) is 7.61. The summed E-state index contributed by atoms with van der Waals surface area (Å²) in [5, 5.41) is 1.86. The Morgan fingerprint density at radius 3 is 2.80 bits per heavy atom. The SMILES string of the molecule is Nc1ccc(Cl)cc1SCc1ccc2ccccc2n1. The Labute approximate surface area is 127 Å². The molecule has 0 spiro atoms. The van der Waals surface area contributed by atoms with E-state index in [1.807, 2.05) is 30.3 Å². The molecule has 0 aliphatic carbocycles. The molecular weight excluding hydrogens is 288 g/mol. The van der Waals surface area contributed by atoms with Crippen molar-refractivity contribution in [1.29, 1.82) is 0 Å². The van der Waals surface area contributed by atoms with Gasteiger partial charge in [0.15, 0.2) is 0 Å². The van der Waals surface area contributed by atoms with Gasteiger partial charge in [-0.25, -0.2) is 0 Å². The van der Waals surface area contributed by atoms with Crippen molar-refractivity contribution in [1.82, 2.24) is 4.98 Å². The van der Waals surface area contributed by atoms with E-state index in [0.717, 1.165) is 32.9 Å². The smallest absolute Gasteiger partial charge is 0.0705 e. The van der Waals surface area contributed by atoms with Crippen molar-refractivity contribution in [3.05, 3.63) is 65.3 Å². The minimum Gasteiger partial charge on any atom is -0.398 e. The van der Waals surface area contributed by atoms with Crippen LogP contribution in [0.25, 0.3) is 10.9 Å². The maximum absolute atomic E-state index is 5.99. The fraction of sp³-hybridized carbons (Fsp3) is 0.0625. The molecular formula is C16H13ClN2S. The predicted octanol–water partition coefficient (Wildman–Crippen LogP) is 4.76.